The molecule has 0 aliphatic heterocycles. The summed E-state index contributed by atoms with van der Waals surface area (Å²) in [4.78, 5) is 18.3. The highest BCUT2D eigenvalue weighted by Gasteiger charge is 2.18. The summed E-state index contributed by atoms with van der Waals surface area (Å²) in [6.45, 7) is 10.7. The fourth-order valence-corrected chi connectivity index (χ4v) is 2.62. The summed E-state index contributed by atoms with van der Waals surface area (Å²) < 4.78 is 3.77. The van der Waals surface area contributed by atoms with Crippen LogP contribution in [0, 0.1) is 6.92 Å². The summed E-state index contributed by atoms with van der Waals surface area (Å²) in [7, 11) is 0. The van der Waals surface area contributed by atoms with E-state index in [1.54, 1.807) is 0 Å². The van der Waals surface area contributed by atoms with Gasteiger partial charge in [0, 0.05) is 32.6 Å². The van der Waals surface area contributed by atoms with Crippen LogP contribution in [0.15, 0.2) is 0 Å². The third-order valence-corrected chi connectivity index (χ3v) is 3.79. The number of nitrogens with two attached hydrogens (primary N) is 1. The molecule has 0 saturated carbocycles. The molecule has 2 heterocycles. The van der Waals surface area contributed by atoms with Crippen LogP contribution in [0.25, 0.3) is 11.2 Å². The van der Waals surface area contributed by atoms with Gasteiger partial charge in [0.2, 0.25) is 11.9 Å². The zero-order valence-corrected chi connectivity index (χ0v) is 13.3. The fraction of sp³-hybridized carbons (Fsp3) is 0.643. The number of aryl methyl sites for hydroxylation is 3. The van der Waals surface area contributed by atoms with Crippen LogP contribution >= 0.6 is 0 Å². The quantitative estimate of drug-likeness (QED) is 0.872. The molecule has 1 amide bonds. The van der Waals surface area contributed by atoms with Crippen LogP contribution in [0.2, 0.25) is 0 Å². The molecule has 0 bridgehead atoms. The molecular formula is C14H24N6O. The smallest absolute Gasteiger partial charge is 0.224 e. The minimum Gasteiger partial charge on any atom is -0.369 e. The molecule has 7 nitrogen and oxygen atoms in total. The first kappa shape index (κ1) is 15.3. The maximum atomic E-state index is 12.1. The molecule has 2 aromatic heterocycles. The van der Waals surface area contributed by atoms with Crippen LogP contribution in [0.5, 0.6) is 0 Å². The number of anilines is 1. The Morgan fingerprint density at radius 3 is 2.52 bits per heavy atom. The predicted octanol–water partition coefficient (Wildman–Crippen LogP) is 1.40. The minimum absolute atomic E-state index is 0.139. The van der Waals surface area contributed by atoms with E-state index in [1.807, 2.05) is 41.8 Å². The highest BCUT2D eigenvalue weighted by molar-refractivity contribution is 5.79. The van der Waals surface area contributed by atoms with Crippen molar-refractivity contribution in [3.63, 3.8) is 0 Å². The number of aromatic nitrogens is 4. The number of hydrogen-bond acceptors (Lipinski definition) is 4. The maximum Gasteiger partial charge on any atom is 0.224 e. The van der Waals surface area contributed by atoms with Gasteiger partial charge < -0.3 is 10.6 Å². The van der Waals surface area contributed by atoms with E-state index in [4.69, 9.17) is 5.73 Å². The summed E-state index contributed by atoms with van der Waals surface area (Å²) >= 11 is 0. The van der Waals surface area contributed by atoms with Crippen molar-refractivity contribution >= 4 is 23.0 Å². The van der Waals surface area contributed by atoms with Gasteiger partial charge in [0.25, 0.3) is 0 Å². The van der Waals surface area contributed by atoms with Gasteiger partial charge >= 0.3 is 0 Å². The van der Waals surface area contributed by atoms with Crippen LogP contribution in [-0.4, -0.2) is 43.2 Å². The number of amides is 1. The molecule has 0 spiro atoms. The molecule has 0 saturated heterocycles. The molecule has 0 fully saturated rings. The largest absolute Gasteiger partial charge is 0.369 e. The van der Waals surface area contributed by atoms with E-state index in [9.17, 15) is 4.79 Å². The Balaban J connectivity index is 2.26. The van der Waals surface area contributed by atoms with Crippen molar-refractivity contribution in [3.05, 3.63) is 5.69 Å². The lowest BCUT2D eigenvalue weighted by atomic mass is 10.3. The lowest BCUT2D eigenvalue weighted by molar-refractivity contribution is -0.131. The Hall–Kier alpha value is -2.05. The molecule has 0 aromatic carbocycles. The van der Waals surface area contributed by atoms with Crippen LogP contribution in [0.4, 0.5) is 5.95 Å². The molecule has 2 rings (SSSR count). The molecule has 0 aliphatic carbocycles. The van der Waals surface area contributed by atoms with E-state index in [2.05, 4.69) is 10.1 Å². The van der Waals surface area contributed by atoms with Gasteiger partial charge in [0.15, 0.2) is 5.65 Å². The van der Waals surface area contributed by atoms with E-state index in [-0.39, 0.29) is 5.91 Å². The van der Waals surface area contributed by atoms with Gasteiger partial charge in [-0.1, -0.05) is 0 Å². The molecule has 0 radical (unpaired) electrons. The van der Waals surface area contributed by atoms with E-state index < -0.39 is 0 Å². The first-order valence-corrected chi connectivity index (χ1v) is 7.50. The predicted molar refractivity (Wildman–Crippen MR) is 82.9 cm³/mol. The van der Waals surface area contributed by atoms with E-state index in [0.717, 1.165) is 36.5 Å². The Morgan fingerprint density at radius 1 is 1.29 bits per heavy atom. The van der Waals surface area contributed by atoms with Crippen molar-refractivity contribution in [2.24, 2.45) is 0 Å². The van der Waals surface area contributed by atoms with Gasteiger partial charge in [-0.15, -0.1) is 0 Å². The Morgan fingerprint density at radius 2 is 1.95 bits per heavy atom. The maximum absolute atomic E-state index is 12.1. The lowest BCUT2D eigenvalue weighted by Crippen LogP contribution is -2.31. The van der Waals surface area contributed by atoms with Crippen molar-refractivity contribution < 1.29 is 4.79 Å². The monoisotopic (exact) mass is 292 g/mol. The summed E-state index contributed by atoms with van der Waals surface area (Å²) in [5.41, 5.74) is 8.60. The second-order valence-electron chi connectivity index (χ2n) is 5.01. The van der Waals surface area contributed by atoms with Crippen LogP contribution in [-0.2, 0) is 17.9 Å². The van der Waals surface area contributed by atoms with Gasteiger partial charge in [0.05, 0.1) is 5.69 Å². The van der Waals surface area contributed by atoms with E-state index >= 15 is 0 Å². The van der Waals surface area contributed by atoms with Crippen molar-refractivity contribution in [2.45, 2.75) is 47.2 Å². The number of nitrogens with zero attached hydrogens (tertiary/aromatic N) is 5. The number of imidazole rings is 1. The summed E-state index contributed by atoms with van der Waals surface area (Å²) in [5.74, 6) is 0.584. The molecule has 0 atom stereocenters. The molecular weight excluding hydrogens is 268 g/mol. The molecule has 2 N–H and O–H groups in total. The lowest BCUT2D eigenvalue weighted by Gasteiger charge is -2.18. The SMILES string of the molecule is CCN(CC)C(=O)CCn1c(N)nc2c(C)nn(CC)c21. The zero-order valence-electron chi connectivity index (χ0n) is 13.3. The van der Waals surface area contributed by atoms with Crippen molar-refractivity contribution in [1.29, 1.82) is 0 Å². The molecule has 0 unspecified atom stereocenters. The second-order valence-corrected chi connectivity index (χ2v) is 5.01. The number of hydrogen-bond donors (Lipinski definition) is 1. The molecule has 116 valence electrons. The minimum atomic E-state index is 0.139. The number of carbonyl (C=O) groups excluding carboxylic acids is 1. The van der Waals surface area contributed by atoms with E-state index in [1.165, 1.54) is 0 Å². The van der Waals surface area contributed by atoms with Crippen LogP contribution < -0.4 is 5.73 Å². The van der Waals surface area contributed by atoms with Crippen LogP contribution in [0.3, 0.4) is 0 Å². The topological polar surface area (TPSA) is 82.0 Å². The number of fused-ring (bicyclic) bond motifs is 1. The van der Waals surface area contributed by atoms with Gasteiger partial charge in [-0.2, -0.15) is 5.10 Å². The third-order valence-electron chi connectivity index (χ3n) is 3.79. The average Bonchev–Trinajstić information content (AvgIpc) is 2.95. The van der Waals surface area contributed by atoms with Gasteiger partial charge in [-0.3, -0.25) is 9.36 Å². The summed E-state index contributed by atoms with van der Waals surface area (Å²) in [6.07, 6.45) is 0.422. The van der Waals surface area contributed by atoms with Crippen molar-refractivity contribution in [2.75, 3.05) is 18.8 Å². The highest BCUT2D eigenvalue weighted by Crippen LogP contribution is 2.21. The average molecular weight is 292 g/mol. The molecule has 21 heavy (non-hydrogen) atoms. The normalized spacial score (nSPS) is 11.2. The number of carbonyl (C=O) groups is 1. The number of nitrogen functional groups attached to an aromatic ring is 1. The molecule has 0 aliphatic rings. The Kier molecular flexibility index (Phi) is 4.50. The summed E-state index contributed by atoms with van der Waals surface area (Å²) in [6, 6.07) is 0. The van der Waals surface area contributed by atoms with E-state index in [0.29, 0.717) is 18.9 Å². The fourth-order valence-electron chi connectivity index (χ4n) is 2.62. The molecule has 7 heteroatoms. The zero-order chi connectivity index (χ0) is 15.6. The summed E-state index contributed by atoms with van der Waals surface area (Å²) in [5, 5.41) is 4.45. The highest BCUT2D eigenvalue weighted by atomic mass is 16.2. The first-order chi connectivity index (χ1) is 10.0. The third kappa shape index (κ3) is 2.72. The second kappa shape index (κ2) is 6.15. The Bertz CT molecular complexity index is 637. The first-order valence-electron chi connectivity index (χ1n) is 7.50. The van der Waals surface area contributed by atoms with Crippen molar-refractivity contribution in [1.82, 2.24) is 24.2 Å². The number of rotatable bonds is 6. The van der Waals surface area contributed by atoms with Gasteiger partial charge in [0.1, 0.15) is 5.52 Å². The van der Waals surface area contributed by atoms with Crippen molar-refractivity contribution in [3.8, 4) is 0 Å². The molecule has 2 aromatic rings. The van der Waals surface area contributed by atoms with Crippen LogP contribution in [0.1, 0.15) is 32.9 Å². The Labute approximate surface area is 124 Å². The van der Waals surface area contributed by atoms with Gasteiger partial charge in [-0.05, 0) is 27.7 Å². The van der Waals surface area contributed by atoms with Gasteiger partial charge in [-0.25, -0.2) is 9.67 Å². The standard InChI is InChI=1S/C14H24N6O/c1-5-18(6-2)11(21)8-9-19-13-12(16-14(19)15)10(4)17-20(13)7-3/h5-9H2,1-4H3,(H2,15,16).